The SMILES string of the molecule is C=CCN1c2ccccc2NC(=O)C1(C(=O)O)C(F)F. The molecule has 5 nitrogen and oxygen atoms in total. The summed E-state index contributed by atoms with van der Waals surface area (Å²) in [5.41, 5.74) is -2.45. The topological polar surface area (TPSA) is 69.6 Å². The Hall–Kier alpha value is -2.44. The zero-order valence-corrected chi connectivity index (χ0v) is 10.3. The summed E-state index contributed by atoms with van der Waals surface area (Å²) >= 11 is 0. The summed E-state index contributed by atoms with van der Waals surface area (Å²) in [6, 6.07) is 6.17. The smallest absolute Gasteiger partial charge is 0.345 e. The number of carbonyl (C=O) groups is 2. The van der Waals surface area contributed by atoms with E-state index in [1.54, 1.807) is 12.1 Å². The summed E-state index contributed by atoms with van der Waals surface area (Å²) < 4.78 is 26.9. The summed E-state index contributed by atoms with van der Waals surface area (Å²) in [5, 5.41) is 11.5. The van der Waals surface area contributed by atoms with E-state index >= 15 is 0 Å². The largest absolute Gasteiger partial charge is 0.479 e. The first-order valence-corrected chi connectivity index (χ1v) is 5.76. The second-order valence-corrected chi connectivity index (χ2v) is 4.24. The Morgan fingerprint density at radius 1 is 1.50 bits per heavy atom. The van der Waals surface area contributed by atoms with E-state index in [4.69, 9.17) is 0 Å². The molecule has 1 aromatic rings. The number of fused-ring (bicyclic) bond motifs is 1. The van der Waals surface area contributed by atoms with Crippen molar-refractivity contribution in [3.05, 3.63) is 36.9 Å². The Bertz CT molecular complexity index is 576. The van der Waals surface area contributed by atoms with Gasteiger partial charge in [0, 0.05) is 6.54 Å². The van der Waals surface area contributed by atoms with Crippen LogP contribution in [0.2, 0.25) is 0 Å². The molecule has 1 amide bonds. The van der Waals surface area contributed by atoms with Crippen LogP contribution in [0.5, 0.6) is 0 Å². The predicted molar refractivity (Wildman–Crippen MR) is 69.0 cm³/mol. The molecule has 1 aromatic carbocycles. The molecule has 20 heavy (non-hydrogen) atoms. The number of carboxylic acids is 1. The predicted octanol–water partition coefficient (Wildman–Crippen LogP) is 1.72. The number of nitrogens with zero attached hydrogens (tertiary/aromatic N) is 1. The van der Waals surface area contributed by atoms with E-state index in [9.17, 15) is 23.5 Å². The molecule has 1 unspecified atom stereocenters. The molecule has 1 heterocycles. The highest BCUT2D eigenvalue weighted by molar-refractivity contribution is 6.19. The number of rotatable bonds is 4. The van der Waals surface area contributed by atoms with Crippen molar-refractivity contribution in [2.75, 3.05) is 16.8 Å². The molecule has 7 heteroatoms. The molecule has 1 aliphatic rings. The normalized spacial score (nSPS) is 21.4. The van der Waals surface area contributed by atoms with Gasteiger partial charge in [0.25, 0.3) is 17.9 Å². The number of alkyl halides is 2. The van der Waals surface area contributed by atoms with Gasteiger partial charge in [-0.25, -0.2) is 13.6 Å². The number of hydrogen-bond acceptors (Lipinski definition) is 3. The van der Waals surface area contributed by atoms with Crippen molar-refractivity contribution in [1.29, 1.82) is 0 Å². The van der Waals surface area contributed by atoms with Crippen LogP contribution in [0, 0.1) is 0 Å². The fourth-order valence-electron chi connectivity index (χ4n) is 2.24. The van der Waals surface area contributed by atoms with E-state index in [-0.39, 0.29) is 17.9 Å². The standard InChI is InChI=1S/C13H12F2N2O3/c1-2-7-17-9-6-4-3-5-8(9)16-11(18)13(17,10(14)15)12(19)20/h2-6,10H,1,7H2,(H,16,18)(H,19,20). The third-order valence-electron chi connectivity index (χ3n) is 3.17. The average Bonchev–Trinajstić information content (AvgIpc) is 2.38. The Balaban J connectivity index is 2.70. The van der Waals surface area contributed by atoms with Crippen molar-refractivity contribution in [2.24, 2.45) is 0 Å². The lowest BCUT2D eigenvalue weighted by atomic mass is 9.92. The zero-order chi connectivity index (χ0) is 14.9. The number of hydrogen-bond donors (Lipinski definition) is 2. The van der Waals surface area contributed by atoms with Gasteiger partial charge in [0.2, 0.25) is 0 Å². The number of benzene rings is 1. The van der Waals surface area contributed by atoms with Crippen LogP contribution in [-0.2, 0) is 9.59 Å². The van der Waals surface area contributed by atoms with E-state index in [2.05, 4.69) is 11.9 Å². The first-order chi connectivity index (χ1) is 9.46. The molecule has 1 aliphatic heterocycles. The maximum Gasteiger partial charge on any atom is 0.345 e. The van der Waals surface area contributed by atoms with Crippen LogP contribution in [0.25, 0.3) is 0 Å². The molecule has 0 aromatic heterocycles. The molecule has 1 atom stereocenters. The van der Waals surface area contributed by atoms with Gasteiger partial charge in [-0.15, -0.1) is 6.58 Å². The van der Waals surface area contributed by atoms with Crippen molar-refractivity contribution < 1.29 is 23.5 Å². The van der Waals surface area contributed by atoms with E-state index < -0.39 is 23.8 Å². The van der Waals surface area contributed by atoms with E-state index in [1.807, 2.05) is 0 Å². The second-order valence-electron chi connectivity index (χ2n) is 4.24. The summed E-state index contributed by atoms with van der Waals surface area (Å²) in [6.07, 6.45) is -2.12. The highest BCUT2D eigenvalue weighted by Crippen LogP contribution is 2.39. The molecular formula is C13H12F2N2O3. The third kappa shape index (κ3) is 1.74. The number of carboxylic acid groups (broad SMARTS) is 1. The second kappa shape index (κ2) is 4.92. The lowest BCUT2D eigenvalue weighted by molar-refractivity contribution is -0.155. The maximum atomic E-state index is 13.4. The van der Waals surface area contributed by atoms with Crippen molar-refractivity contribution in [3.8, 4) is 0 Å². The molecule has 0 saturated heterocycles. The minimum absolute atomic E-state index is 0.193. The van der Waals surface area contributed by atoms with E-state index in [0.717, 1.165) is 4.90 Å². The monoisotopic (exact) mass is 282 g/mol. The van der Waals surface area contributed by atoms with Crippen LogP contribution >= 0.6 is 0 Å². The number of para-hydroxylation sites is 2. The fraction of sp³-hybridized carbons (Fsp3) is 0.231. The molecule has 0 spiro atoms. The summed E-state index contributed by atoms with van der Waals surface area (Å²) in [6.45, 7) is 3.23. The Labute approximate surface area is 113 Å². The van der Waals surface area contributed by atoms with Gasteiger partial charge in [-0.2, -0.15) is 0 Å². The molecule has 0 saturated carbocycles. The van der Waals surface area contributed by atoms with Crippen LogP contribution in [0.1, 0.15) is 0 Å². The Kier molecular flexibility index (Phi) is 3.44. The maximum absolute atomic E-state index is 13.4. The van der Waals surface area contributed by atoms with Crippen LogP contribution in [0.4, 0.5) is 20.2 Å². The summed E-state index contributed by atoms with van der Waals surface area (Å²) in [4.78, 5) is 24.3. The summed E-state index contributed by atoms with van der Waals surface area (Å²) in [7, 11) is 0. The number of amides is 1. The molecule has 106 valence electrons. The van der Waals surface area contributed by atoms with Gasteiger partial charge in [-0.3, -0.25) is 4.79 Å². The number of nitrogens with one attached hydrogen (secondary N) is 1. The van der Waals surface area contributed by atoms with Crippen LogP contribution in [0.3, 0.4) is 0 Å². The van der Waals surface area contributed by atoms with Gasteiger partial charge in [0.15, 0.2) is 0 Å². The average molecular weight is 282 g/mol. The van der Waals surface area contributed by atoms with Gasteiger partial charge in [0.05, 0.1) is 11.4 Å². The minimum atomic E-state index is -3.40. The Morgan fingerprint density at radius 2 is 2.15 bits per heavy atom. The van der Waals surface area contributed by atoms with Crippen LogP contribution < -0.4 is 10.2 Å². The fourth-order valence-corrected chi connectivity index (χ4v) is 2.24. The minimum Gasteiger partial charge on any atom is -0.479 e. The zero-order valence-electron chi connectivity index (χ0n) is 10.3. The first-order valence-electron chi connectivity index (χ1n) is 5.76. The van der Waals surface area contributed by atoms with Gasteiger partial charge in [-0.1, -0.05) is 18.2 Å². The van der Waals surface area contributed by atoms with Crippen molar-refractivity contribution >= 4 is 23.3 Å². The quantitative estimate of drug-likeness (QED) is 0.651. The molecular weight excluding hydrogens is 270 g/mol. The highest BCUT2D eigenvalue weighted by Gasteiger charge is 2.61. The lowest BCUT2D eigenvalue weighted by Gasteiger charge is -2.43. The van der Waals surface area contributed by atoms with Crippen molar-refractivity contribution in [3.63, 3.8) is 0 Å². The Morgan fingerprint density at radius 3 is 2.70 bits per heavy atom. The van der Waals surface area contributed by atoms with Crippen molar-refractivity contribution in [2.45, 2.75) is 12.0 Å². The molecule has 2 N–H and O–H groups in total. The number of carbonyl (C=O) groups excluding carboxylic acids is 1. The lowest BCUT2D eigenvalue weighted by Crippen LogP contribution is -2.69. The van der Waals surface area contributed by atoms with Gasteiger partial charge in [0.1, 0.15) is 0 Å². The molecule has 0 fully saturated rings. The number of aliphatic carboxylic acids is 1. The van der Waals surface area contributed by atoms with Crippen molar-refractivity contribution in [1.82, 2.24) is 0 Å². The number of anilines is 2. The number of halogens is 2. The third-order valence-corrected chi connectivity index (χ3v) is 3.17. The van der Waals surface area contributed by atoms with Gasteiger partial charge < -0.3 is 15.3 Å². The highest BCUT2D eigenvalue weighted by atomic mass is 19.3. The summed E-state index contributed by atoms with van der Waals surface area (Å²) in [5.74, 6) is -3.16. The molecule has 2 rings (SSSR count). The van der Waals surface area contributed by atoms with Crippen LogP contribution in [0.15, 0.2) is 36.9 Å². The van der Waals surface area contributed by atoms with E-state index in [0.29, 0.717) is 0 Å². The van der Waals surface area contributed by atoms with E-state index in [1.165, 1.54) is 18.2 Å². The molecule has 0 bridgehead atoms. The van der Waals surface area contributed by atoms with Gasteiger partial charge >= 0.3 is 5.97 Å². The van der Waals surface area contributed by atoms with Gasteiger partial charge in [-0.05, 0) is 12.1 Å². The molecule has 0 aliphatic carbocycles. The van der Waals surface area contributed by atoms with Crippen LogP contribution in [-0.4, -0.2) is 35.5 Å². The molecule has 0 radical (unpaired) electrons. The first kappa shape index (κ1) is 14.0.